The first-order valence-corrected chi connectivity index (χ1v) is 11.6. The summed E-state index contributed by atoms with van der Waals surface area (Å²) in [5, 5.41) is 11.6. The molecular weight excluding hydrogens is 522 g/mol. The molecule has 8 heteroatoms. The van der Waals surface area contributed by atoms with E-state index in [-0.39, 0.29) is 17.9 Å². The van der Waals surface area contributed by atoms with E-state index in [0.717, 1.165) is 4.47 Å². The molecular formula is C26H19BrClNO5. The Morgan fingerprint density at radius 3 is 2.15 bits per heavy atom. The lowest BCUT2D eigenvalue weighted by Crippen LogP contribution is -2.29. The molecule has 0 bridgehead atoms. The summed E-state index contributed by atoms with van der Waals surface area (Å²) >= 11 is 9.36. The largest absolute Gasteiger partial charge is 0.507 e. The maximum Gasteiger partial charge on any atom is 0.338 e. The Balaban J connectivity index is 1.85. The standard InChI is InChI=1S/C26H19BrClNO5/c1-2-34-26(33)17-7-13-20(14-8-17)29-22(15-3-9-18(27)10-4-15)21(24(31)25(29)32)23(30)16-5-11-19(28)12-6-16/h3-14,22,30H,2H2,1H3. The molecule has 4 rings (SSSR count). The summed E-state index contributed by atoms with van der Waals surface area (Å²) in [5.74, 6) is -2.38. The molecule has 3 aromatic rings. The first-order valence-electron chi connectivity index (χ1n) is 10.4. The zero-order valence-corrected chi connectivity index (χ0v) is 20.3. The smallest absolute Gasteiger partial charge is 0.338 e. The minimum absolute atomic E-state index is 0.0379. The highest BCUT2D eigenvalue weighted by molar-refractivity contribution is 9.10. The first kappa shape index (κ1) is 23.7. The Morgan fingerprint density at radius 2 is 1.56 bits per heavy atom. The lowest BCUT2D eigenvalue weighted by atomic mass is 9.95. The molecule has 1 unspecified atom stereocenters. The number of aliphatic hydroxyl groups is 1. The van der Waals surface area contributed by atoms with Gasteiger partial charge in [-0.2, -0.15) is 0 Å². The van der Waals surface area contributed by atoms with E-state index in [1.807, 2.05) is 0 Å². The van der Waals surface area contributed by atoms with E-state index in [0.29, 0.717) is 27.4 Å². The van der Waals surface area contributed by atoms with Crippen LogP contribution in [0.15, 0.2) is 82.8 Å². The molecule has 6 nitrogen and oxygen atoms in total. The van der Waals surface area contributed by atoms with Gasteiger partial charge in [0, 0.05) is 20.7 Å². The van der Waals surface area contributed by atoms with Crippen LogP contribution in [0.4, 0.5) is 5.69 Å². The van der Waals surface area contributed by atoms with Crippen LogP contribution >= 0.6 is 27.5 Å². The summed E-state index contributed by atoms with van der Waals surface area (Å²) in [7, 11) is 0. The molecule has 0 saturated carbocycles. The Hall–Kier alpha value is -3.42. The number of amides is 1. The number of Topliss-reactive ketones (excluding diaryl/α,β-unsaturated/α-hetero) is 1. The molecule has 172 valence electrons. The molecule has 1 N–H and O–H groups in total. The summed E-state index contributed by atoms with van der Waals surface area (Å²) in [6, 6.07) is 18.8. The number of aliphatic hydroxyl groups excluding tert-OH is 1. The molecule has 0 aliphatic carbocycles. The van der Waals surface area contributed by atoms with E-state index < -0.39 is 23.7 Å². The molecule has 1 fully saturated rings. The number of hydrogen-bond donors (Lipinski definition) is 1. The van der Waals surface area contributed by atoms with Crippen molar-refractivity contribution < 1.29 is 24.2 Å². The SMILES string of the molecule is CCOC(=O)c1ccc(N2C(=O)C(=O)C(=C(O)c3ccc(Cl)cc3)C2c2ccc(Br)cc2)cc1. The van der Waals surface area contributed by atoms with E-state index in [2.05, 4.69) is 15.9 Å². The van der Waals surface area contributed by atoms with Gasteiger partial charge in [-0.05, 0) is 73.2 Å². The first-order chi connectivity index (χ1) is 16.3. The van der Waals surface area contributed by atoms with Crippen molar-refractivity contribution in [3.63, 3.8) is 0 Å². The highest BCUT2D eigenvalue weighted by Gasteiger charge is 2.47. The van der Waals surface area contributed by atoms with Gasteiger partial charge in [0.2, 0.25) is 0 Å². The number of carbonyl (C=O) groups excluding carboxylic acids is 3. The fourth-order valence-electron chi connectivity index (χ4n) is 3.80. The normalized spacial score (nSPS) is 17.1. The third-order valence-electron chi connectivity index (χ3n) is 5.40. The van der Waals surface area contributed by atoms with Gasteiger partial charge in [-0.3, -0.25) is 14.5 Å². The maximum absolute atomic E-state index is 13.2. The molecule has 1 amide bonds. The van der Waals surface area contributed by atoms with Gasteiger partial charge in [0.25, 0.3) is 11.7 Å². The molecule has 34 heavy (non-hydrogen) atoms. The van der Waals surface area contributed by atoms with Crippen molar-refractivity contribution in [2.45, 2.75) is 13.0 Å². The van der Waals surface area contributed by atoms with Crippen LogP contribution in [0.3, 0.4) is 0 Å². The average molecular weight is 541 g/mol. The second-order valence-electron chi connectivity index (χ2n) is 7.49. The molecule has 0 aromatic heterocycles. The van der Waals surface area contributed by atoms with Gasteiger partial charge in [0.1, 0.15) is 5.76 Å². The average Bonchev–Trinajstić information content (AvgIpc) is 3.10. The molecule has 3 aromatic carbocycles. The summed E-state index contributed by atoms with van der Waals surface area (Å²) < 4.78 is 5.83. The van der Waals surface area contributed by atoms with Crippen molar-refractivity contribution >= 4 is 56.6 Å². The second-order valence-corrected chi connectivity index (χ2v) is 8.85. The topological polar surface area (TPSA) is 83.9 Å². The monoisotopic (exact) mass is 539 g/mol. The van der Waals surface area contributed by atoms with Crippen molar-refractivity contribution in [1.29, 1.82) is 0 Å². The van der Waals surface area contributed by atoms with E-state index >= 15 is 0 Å². The van der Waals surface area contributed by atoms with Crippen molar-refractivity contribution in [3.05, 3.63) is 105 Å². The zero-order chi connectivity index (χ0) is 24.4. The number of ether oxygens (including phenoxy) is 1. The van der Waals surface area contributed by atoms with Crippen molar-refractivity contribution in [1.82, 2.24) is 0 Å². The number of esters is 1. The quantitative estimate of drug-likeness (QED) is 0.188. The second kappa shape index (κ2) is 9.83. The summed E-state index contributed by atoms with van der Waals surface area (Å²) in [6.07, 6.45) is 0. The number of anilines is 1. The van der Waals surface area contributed by atoms with Crippen LogP contribution in [0.1, 0.15) is 34.5 Å². The van der Waals surface area contributed by atoms with Gasteiger partial charge < -0.3 is 9.84 Å². The van der Waals surface area contributed by atoms with Crippen LogP contribution in [0, 0.1) is 0 Å². The fourth-order valence-corrected chi connectivity index (χ4v) is 4.19. The van der Waals surface area contributed by atoms with Gasteiger partial charge in [0.15, 0.2) is 0 Å². The molecule has 1 saturated heterocycles. The minimum Gasteiger partial charge on any atom is -0.507 e. The van der Waals surface area contributed by atoms with Crippen LogP contribution in [0.2, 0.25) is 5.02 Å². The predicted molar refractivity (Wildman–Crippen MR) is 133 cm³/mol. The van der Waals surface area contributed by atoms with Gasteiger partial charge >= 0.3 is 5.97 Å². The van der Waals surface area contributed by atoms with Crippen LogP contribution in [0.5, 0.6) is 0 Å². The summed E-state index contributed by atoms with van der Waals surface area (Å²) in [5.41, 5.74) is 1.68. The maximum atomic E-state index is 13.2. The highest BCUT2D eigenvalue weighted by atomic mass is 79.9. The Bertz CT molecular complexity index is 1280. The number of hydrogen-bond acceptors (Lipinski definition) is 5. The van der Waals surface area contributed by atoms with E-state index in [1.165, 1.54) is 17.0 Å². The Kier molecular flexibility index (Phi) is 6.86. The van der Waals surface area contributed by atoms with Gasteiger partial charge in [0.05, 0.1) is 23.8 Å². The van der Waals surface area contributed by atoms with E-state index in [4.69, 9.17) is 16.3 Å². The molecule has 1 atom stereocenters. The minimum atomic E-state index is -0.878. The van der Waals surface area contributed by atoms with Crippen LogP contribution < -0.4 is 4.90 Å². The molecule has 1 aliphatic heterocycles. The number of carbonyl (C=O) groups is 3. The third-order valence-corrected chi connectivity index (χ3v) is 6.19. The lowest BCUT2D eigenvalue weighted by Gasteiger charge is -2.25. The number of rotatable bonds is 5. The van der Waals surface area contributed by atoms with Crippen molar-refractivity contribution in [2.24, 2.45) is 0 Å². The predicted octanol–water partition coefficient (Wildman–Crippen LogP) is 5.91. The number of benzene rings is 3. The number of ketones is 1. The molecule has 1 heterocycles. The number of nitrogens with zero attached hydrogens (tertiary/aromatic N) is 1. The Labute approximate surface area is 209 Å². The molecule has 0 radical (unpaired) electrons. The Morgan fingerprint density at radius 1 is 0.971 bits per heavy atom. The number of halogens is 2. The van der Waals surface area contributed by atoms with Crippen molar-refractivity contribution in [2.75, 3.05) is 11.5 Å². The molecule has 0 spiro atoms. The third kappa shape index (κ3) is 4.49. The van der Waals surface area contributed by atoms with Crippen LogP contribution in [-0.2, 0) is 14.3 Å². The van der Waals surface area contributed by atoms with Crippen molar-refractivity contribution in [3.8, 4) is 0 Å². The van der Waals surface area contributed by atoms with Crippen LogP contribution in [0.25, 0.3) is 5.76 Å². The van der Waals surface area contributed by atoms with Crippen LogP contribution in [-0.4, -0.2) is 29.4 Å². The van der Waals surface area contributed by atoms with Gasteiger partial charge in [-0.25, -0.2) is 4.79 Å². The fraction of sp³-hybridized carbons (Fsp3) is 0.115. The lowest BCUT2D eigenvalue weighted by molar-refractivity contribution is -0.132. The summed E-state index contributed by atoms with van der Waals surface area (Å²) in [4.78, 5) is 39.7. The van der Waals surface area contributed by atoms with Gasteiger partial charge in [-0.1, -0.05) is 39.7 Å². The van der Waals surface area contributed by atoms with E-state index in [1.54, 1.807) is 67.6 Å². The van der Waals surface area contributed by atoms with E-state index in [9.17, 15) is 19.5 Å². The summed E-state index contributed by atoms with van der Waals surface area (Å²) in [6.45, 7) is 1.95. The molecule has 1 aliphatic rings. The zero-order valence-electron chi connectivity index (χ0n) is 18.0. The highest BCUT2D eigenvalue weighted by Crippen LogP contribution is 2.42. The van der Waals surface area contributed by atoms with Gasteiger partial charge in [-0.15, -0.1) is 0 Å².